The van der Waals surface area contributed by atoms with Crippen LogP contribution in [0.5, 0.6) is 5.75 Å². The first kappa shape index (κ1) is 19.2. The van der Waals surface area contributed by atoms with Gasteiger partial charge in [-0.3, -0.25) is 0 Å². The van der Waals surface area contributed by atoms with Gasteiger partial charge >= 0.3 is 6.03 Å². The number of carbonyl (C=O) groups is 1. The Morgan fingerprint density at radius 3 is 2.75 bits per heavy atom. The zero-order chi connectivity index (χ0) is 19.9. The summed E-state index contributed by atoms with van der Waals surface area (Å²) in [5, 5.41) is 13.0. The molecule has 2 amide bonds. The van der Waals surface area contributed by atoms with Crippen LogP contribution in [-0.2, 0) is 0 Å². The number of hydrogen-bond donors (Lipinski definition) is 3. The molecule has 9 nitrogen and oxygen atoms in total. The predicted octanol–water partition coefficient (Wildman–Crippen LogP) is 2.52. The molecular weight excluding hydrogens is 358 g/mol. The number of benzene rings is 1. The zero-order valence-corrected chi connectivity index (χ0v) is 16.1. The lowest BCUT2D eigenvalue weighted by Crippen LogP contribution is -2.33. The van der Waals surface area contributed by atoms with E-state index in [-0.39, 0.29) is 6.03 Å². The number of methoxy groups -OCH3 is 1. The molecule has 9 heteroatoms. The van der Waals surface area contributed by atoms with Gasteiger partial charge in [0.15, 0.2) is 5.82 Å². The highest BCUT2D eigenvalue weighted by atomic mass is 16.5. The van der Waals surface area contributed by atoms with Gasteiger partial charge in [0, 0.05) is 37.2 Å². The molecule has 0 radical (unpaired) electrons. The number of aryl methyl sites for hydroxylation is 2. The van der Waals surface area contributed by atoms with Gasteiger partial charge in [-0.1, -0.05) is 0 Å². The highest BCUT2D eigenvalue weighted by molar-refractivity contribution is 5.90. The number of nitrogens with zero attached hydrogens (tertiary/aromatic N) is 4. The summed E-state index contributed by atoms with van der Waals surface area (Å²) in [5.74, 6) is 2.74. The second kappa shape index (κ2) is 8.85. The van der Waals surface area contributed by atoms with Crippen molar-refractivity contribution >= 4 is 17.5 Å². The number of rotatable bonds is 7. The first-order chi connectivity index (χ1) is 13.5. The molecule has 1 aromatic carbocycles. The summed E-state index contributed by atoms with van der Waals surface area (Å²) in [6, 6.07) is 8.85. The Morgan fingerprint density at radius 2 is 2.04 bits per heavy atom. The quantitative estimate of drug-likeness (QED) is 0.543. The van der Waals surface area contributed by atoms with Crippen molar-refractivity contribution in [3.05, 3.63) is 54.1 Å². The average Bonchev–Trinajstić information content (AvgIpc) is 3.21. The summed E-state index contributed by atoms with van der Waals surface area (Å²) >= 11 is 0. The molecule has 0 aliphatic carbocycles. The van der Waals surface area contributed by atoms with Crippen molar-refractivity contribution in [3.63, 3.8) is 0 Å². The molecule has 2 aromatic heterocycles. The van der Waals surface area contributed by atoms with Gasteiger partial charge in [0.1, 0.15) is 17.4 Å². The summed E-state index contributed by atoms with van der Waals surface area (Å²) in [7, 11) is 1.61. The summed E-state index contributed by atoms with van der Waals surface area (Å²) < 4.78 is 6.83. The van der Waals surface area contributed by atoms with Crippen molar-refractivity contribution in [1.29, 1.82) is 0 Å². The van der Waals surface area contributed by atoms with E-state index in [0.717, 1.165) is 17.0 Å². The Bertz CT molecular complexity index is 941. The maximum Gasteiger partial charge on any atom is 0.319 e. The van der Waals surface area contributed by atoms with Crippen LogP contribution in [0.25, 0.3) is 5.82 Å². The lowest BCUT2D eigenvalue weighted by molar-refractivity contribution is 0.252. The second-order valence-corrected chi connectivity index (χ2v) is 6.10. The smallest absolute Gasteiger partial charge is 0.319 e. The molecule has 0 atom stereocenters. The number of carbonyl (C=O) groups excluding carboxylic acids is 1. The average molecular weight is 381 g/mol. The molecule has 3 aromatic rings. The standard InChI is InChI=1S/C19H23N7O2/c1-13-11-15(28-3)5-6-16(13)25-19(27)21-9-8-20-17-12-18(24-14(2)23-17)26-10-4-7-22-26/h4-7,10-12H,8-9H2,1-3H3,(H,20,23,24)(H2,21,25,27). The third-order valence-electron chi connectivity index (χ3n) is 3.96. The minimum absolute atomic E-state index is 0.272. The topological polar surface area (TPSA) is 106 Å². The van der Waals surface area contributed by atoms with Gasteiger partial charge in [0.25, 0.3) is 0 Å². The highest BCUT2D eigenvalue weighted by Gasteiger charge is 2.06. The SMILES string of the molecule is COc1ccc(NC(=O)NCCNc2cc(-n3cccn3)nc(C)n2)c(C)c1. The molecule has 0 fully saturated rings. The van der Waals surface area contributed by atoms with E-state index in [1.807, 2.05) is 38.2 Å². The number of nitrogens with one attached hydrogen (secondary N) is 3. The molecule has 0 saturated heterocycles. The van der Waals surface area contributed by atoms with Crippen LogP contribution >= 0.6 is 0 Å². The molecule has 0 aliphatic rings. The first-order valence-electron chi connectivity index (χ1n) is 8.84. The number of aromatic nitrogens is 4. The van der Waals surface area contributed by atoms with Crippen LogP contribution in [0.3, 0.4) is 0 Å². The molecule has 3 rings (SSSR count). The molecule has 0 saturated carbocycles. The second-order valence-electron chi connectivity index (χ2n) is 6.10. The first-order valence-corrected chi connectivity index (χ1v) is 8.84. The molecule has 146 valence electrons. The summed E-state index contributed by atoms with van der Waals surface area (Å²) in [6.07, 6.45) is 3.51. The predicted molar refractivity (Wildman–Crippen MR) is 107 cm³/mol. The van der Waals surface area contributed by atoms with Crippen molar-refractivity contribution in [3.8, 4) is 11.6 Å². The summed E-state index contributed by atoms with van der Waals surface area (Å²) in [4.78, 5) is 20.8. The monoisotopic (exact) mass is 381 g/mol. The third kappa shape index (κ3) is 4.97. The van der Waals surface area contributed by atoms with Gasteiger partial charge in [-0.15, -0.1) is 0 Å². The van der Waals surface area contributed by atoms with Crippen LogP contribution in [0.4, 0.5) is 16.3 Å². The van der Waals surface area contributed by atoms with E-state index < -0.39 is 0 Å². The van der Waals surface area contributed by atoms with E-state index in [4.69, 9.17) is 4.74 Å². The van der Waals surface area contributed by atoms with Crippen LogP contribution in [0.1, 0.15) is 11.4 Å². The van der Waals surface area contributed by atoms with Crippen molar-refractivity contribution in [2.45, 2.75) is 13.8 Å². The van der Waals surface area contributed by atoms with E-state index in [1.165, 1.54) is 0 Å². The largest absolute Gasteiger partial charge is 0.497 e. The Kier molecular flexibility index (Phi) is 6.05. The van der Waals surface area contributed by atoms with E-state index in [0.29, 0.717) is 30.5 Å². The minimum atomic E-state index is -0.272. The lowest BCUT2D eigenvalue weighted by Gasteiger charge is -2.12. The third-order valence-corrected chi connectivity index (χ3v) is 3.96. The van der Waals surface area contributed by atoms with Crippen LogP contribution in [0, 0.1) is 13.8 Å². The number of hydrogen-bond acceptors (Lipinski definition) is 6. The zero-order valence-electron chi connectivity index (χ0n) is 16.1. The van der Waals surface area contributed by atoms with Crippen molar-refractivity contribution in [2.75, 3.05) is 30.8 Å². The number of ether oxygens (including phenoxy) is 1. The number of urea groups is 1. The number of anilines is 2. The van der Waals surface area contributed by atoms with Crippen molar-refractivity contribution in [2.24, 2.45) is 0 Å². The molecule has 3 N–H and O–H groups in total. The minimum Gasteiger partial charge on any atom is -0.497 e. The molecule has 0 unspecified atom stereocenters. The Morgan fingerprint density at radius 1 is 1.18 bits per heavy atom. The highest BCUT2D eigenvalue weighted by Crippen LogP contribution is 2.20. The van der Waals surface area contributed by atoms with Gasteiger partial charge in [0.05, 0.1) is 7.11 Å². The molecule has 0 bridgehead atoms. The number of amides is 2. The van der Waals surface area contributed by atoms with E-state index in [2.05, 4.69) is 31.0 Å². The molecule has 28 heavy (non-hydrogen) atoms. The van der Waals surface area contributed by atoms with E-state index >= 15 is 0 Å². The van der Waals surface area contributed by atoms with Crippen LogP contribution < -0.4 is 20.7 Å². The van der Waals surface area contributed by atoms with E-state index in [9.17, 15) is 4.79 Å². The maximum absolute atomic E-state index is 12.1. The van der Waals surface area contributed by atoms with Gasteiger partial charge in [-0.25, -0.2) is 19.4 Å². The molecule has 0 spiro atoms. The van der Waals surface area contributed by atoms with Crippen LogP contribution in [-0.4, -0.2) is 46.0 Å². The molecular formula is C19H23N7O2. The van der Waals surface area contributed by atoms with Gasteiger partial charge in [-0.2, -0.15) is 5.10 Å². The fourth-order valence-corrected chi connectivity index (χ4v) is 2.60. The van der Waals surface area contributed by atoms with Gasteiger partial charge in [-0.05, 0) is 43.7 Å². The fraction of sp³-hybridized carbons (Fsp3) is 0.263. The van der Waals surface area contributed by atoms with Crippen LogP contribution in [0.15, 0.2) is 42.7 Å². The normalized spacial score (nSPS) is 10.4. The summed E-state index contributed by atoms with van der Waals surface area (Å²) in [5.41, 5.74) is 1.66. The Balaban J connectivity index is 1.49. The van der Waals surface area contributed by atoms with Crippen LogP contribution in [0.2, 0.25) is 0 Å². The van der Waals surface area contributed by atoms with Crippen molar-refractivity contribution < 1.29 is 9.53 Å². The van der Waals surface area contributed by atoms with Crippen molar-refractivity contribution in [1.82, 2.24) is 25.1 Å². The Hall–Kier alpha value is -3.62. The summed E-state index contributed by atoms with van der Waals surface area (Å²) in [6.45, 7) is 4.68. The lowest BCUT2D eigenvalue weighted by atomic mass is 10.2. The van der Waals surface area contributed by atoms with E-state index in [1.54, 1.807) is 30.1 Å². The molecule has 0 aliphatic heterocycles. The fourth-order valence-electron chi connectivity index (χ4n) is 2.60. The van der Waals surface area contributed by atoms with Gasteiger partial charge < -0.3 is 20.7 Å². The Labute approximate surface area is 163 Å². The molecule has 2 heterocycles. The maximum atomic E-state index is 12.1. The van der Waals surface area contributed by atoms with Gasteiger partial charge in [0.2, 0.25) is 0 Å².